The van der Waals surface area contributed by atoms with Crippen LogP contribution in [-0.2, 0) is 21.2 Å². The summed E-state index contributed by atoms with van der Waals surface area (Å²) in [5.74, 6) is -0.477. The molecule has 0 radical (unpaired) electrons. The minimum absolute atomic E-state index is 0.0123. The van der Waals surface area contributed by atoms with Gasteiger partial charge in [-0.3, -0.25) is 9.10 Å². The lowest BCUT2D eigenvalue weighted by molar-refractivity contribution is 0.0474. The van der Waals surface area contributed by atoms with Crippen molar-refractivity contribution < 1.29 is 22.7 Å². The second kappa shape index (κ2) is 10.3. The first-order valence-corrected chi connectivity index (χ1v) is 13.9. The molecule has 0 spiro atoms. The molecule has 2 aliphatic rings. The Hall–Kier alpha value is -3.45. The van der Waals surface area contributed by atoms with Crippen LogP contribution in [0.2, 0.25) is 0 Å². The quantitative estimate of drug-likeness (QED) is 0.313. The molecule has 1 fully saturated rings. The predicted molar refractivity (Wildman–Crippen MR) is 138 cm³/mol. The molecule has 36 heavy (non-hydrogen) atoms. The maximum atomic E-state index is 13.3. The maximum absolute atomic E-state index is 13.3. The van der Waals surface area contributed by atoms with E-state index in [1.54, 1.807) is 24.3 Å². The van der Waals surface area contributed by atoms with Crippen molar-refractivity contribution in [1.29, 1.82) is 0 Å². The van der Waals surface area contributed by atoms with Gasteiger partial charge in [-0.15, -0.1) is 0 Å². The van der Waals surface area contributed by atoms with Crippen molar-refractivity contribution >= 4 is 27.5 Å². The largest absolute Gasteiger partial charge is 0.454 e. The highest BCUT2D eigenvalue weighted by molar-refractivity contribution is 7.92. The normalized spacial score (nSPS) is 15.9. The molecule has 186 valence electrons. The first-order valence-electron chi connectivity index (χ1n) is 12.4. The Kier molecular flexibility index (Phi) is 6.92. The monoisotopic (exact) mass is 503 g/mol. The average molecular weight is 504 g/mol. The summed E-state index contributed by atoms with van der Waals surface area (Å²) in [6, 6.07) is 20.7. The third-order valence-corrected chi connectivity index (χ3v) is 8.96. The van der Waals surface area contributed by atoms with Crippen LogP contribution >= 0.6 is 0 Å². The number of hydrogen-bond donors (Lipinski definition) is 0. The van der Waals surface area contributed by atoms with Crippen molar-refractivity contribution in [3.63, 3.8) is 0 Å². The summed E-state index contributed by atoms with van der Waals surface area (Å²) in [4.78, 5) is 25.3. The van der Waals surface area contributed by atoms with Crippen molar-refractivity contribution in [3.8, 4) is 0 Å². The van der Waals surface area contributed by atoms with E-state index in [4.69, 9.17) is 4.74 Å². The number of esters is 1. The van der Waals surface area contributed by atoms with Crippen LogP contribution in [0.3, 0.4) is 0 Å². The van der Waals surface area contributed by atoms with E-state index in [0.29, 0.717) is 30.1 Å². The molecule has 1 aliphatic carbocycles. The Morgan fingerprint density at radius 1 is 0.861 bits per heavy atom. The Labute approximate surface area is 212 Å². The van der Waals surface area contributed by atoms with Crippen molar-refractivity contribution in [2.24, 2.45) is 0 Å². The maximum Gasteiger partial charge on any atom is 0.338 e. The van der Waals surface area contributed by atoms with Crippen LogP contribution in [0.5, 0.6) is 0 Å². The minimum atomic E-state index is -3.84. The fourth-order valence-corrected chi connectivity index (χ4v) is 6.69. The van der Waals surface area contributed by atoms with Gasteiger partial charge in [0, 0.05) is 12.1 Å². The van der Waals surface area contributed by atoms with Gasteiger partial charge in [-0.1, -0.05) is 67.8 Å². The summed E-state index contributed by atoms with van der Waals surface area (Å²) in [5.41, 5.74) is 3.46. The lowest BCUT2D eigenvalue weighted by Gasteiger charge is -2.22. The number of sulfonamides is 1. The molecule has 6 nitrogen and oxygen atoms in total. The summed E-state index contributed by atoms with van der Waals surface area (Å²) < 4.78 is 33.2. The zero-order valence-electron chi connectivity index (χ0n) is 20.1. The highest BCUT2D eigenvalue weighted by Crippen LogP contribution is 2.34. The lowest BCUT2D eigenvalue weighted by atomic mass is 9.84. The number of benzene rings is 3. The summed E-state index contributed by atoms with van der Waals surface area (Å²) in [6.07, 6.45) is 6.79. The van der Waals surface area contributed by atoms with Gasteiger partial charge in [-0.25, -0.2) is 13.2 Å². The van der Waals surface area contributed by atoms with E-state index in [9.17, 15) is 18.0 Å². The summed E-state index contributed by atoms with van der Waals surface area (Å²) in [5, 5.41) is 0. The fourth-order valence-electron chi connectivity index (χ4n) is 5.14. The van der Waals surface area contributed by atoms with Crippen molar-refractivity contribution in [2.75, 3.05) is 17.5 Å². The highest BCUT2D eigenvalue weighted by atomic mass is 32.2. The van der Waals surface area contributed by atoms with Gasteiger partial charge >= 0.3 is 5.97 Å². The number of rotatable bonds is 7. The number of ketones is 1. The Morgan fingerprint density at radius 2 is 1.61 bits per heavy atom. The standard InChI is InChI=1S/C29H29NO5S/c31-28(24-15-13-22(14-16-24)21-7-2-1-3-8-21)20-35-29(32)25-10-6-11-26(19-25)36(33,34)30-18-17-23-9-4-5-12-27(23)30/h4-6,9-16,19,21H,1-3,7-8,17-18,20H2. The minimum Gasteiger partial charge on any atom is -0.454 e. The number of anilines is 1. The molecule has 0 aromatic heterocycles. The number of carbonyl (C=O) groups excluding carboxylic acids is 2. The number of nitrogens with zero attached hydrogens (tertiary/aromatic N) is 1. The zero-order chi connectivity index (χ0) is 25.1. The van der Waals surface area contributed by atoms with E-state index < -0.39 is 22.6 Å². The van der Waals surface area contributed by atoms with Gasteiger partial charge in [0.25, 0.3) is 10.0 Å². The Morgan fingerprint density at radius 3 is 2.39 bits per heavy atom. The van der Waals surface area contributed by atoms with Crippen LogP contribution in [0.1, 0.15) is 69.9 Å². The fraction of sp³-hybridized carbons (Fsp3) is 0.310. The van der Waals surface area contributed by atoms with Crippen LogP contribution in [0, 0.1) is 0 Å². The second-order valence-corrected chi connectivity index (χ2v) is 11.3. The van der Waals surface area contributed by atoms with Crippen molar-refractivity contribution in [2.45, 2.75) is 49.3 Å². The molecule has 1 aliphatic heterocycles. The third-order valence-electron chi connectivity index (χ3n) is 7.15. The van der Waals surface area contributed by atoms with E-state index in [1.165, 1.54) is 66.2 Å². The topological polar surface area (TPSA) is 80.8 Å². The zero-order valence-corrected chi connectivity index (χ0v) is 20.9. The van der Waals surface area contributed by atoms with Gasteiger partial charge in [0.1, 0.15) is 0 Å². The van der Waals surface area contributed by atoms with E-state index >= 15 is 0 Å². The predicted octanol–water partition coefficient (Wildman–Crippen LogP) is 5.53. The molecule has 0 bridgehead atoms. The number of para-hydroxylation sites is 1. The van der Waals surface area contributed by atoms with Crippen molar-refractivity contribution in [1.82, 2.24) is 0 Å². The number of fused-ring (bicyclic) bond motifs is 1. The molecule has 7 heteroatoms. The van der Waals surface area contributed by atoms with E-state index in [-0.39, 0.29) is 16.2 Å². The second-order valence-electron chi connectivity index (χ2n) is 9.44. The number of hydrogen-bond acceptors (Lipinski definition) is 5. The SMILES string of the molecule is O=C(COC(=O)c1cccc(S(=O)(=O)N2CCc3ccccc32)c1)c1ccc(C2CCCCC2)cc1. The molecule has 3 aromatic rings. The smallest absolute Gasteiger partial charge is 0.338 e. The first kappa shape index (κ1) is 24.3. The molecule has 0 unspecified atom stereocenters. The van der Waals surface area contributed by atoms with E-state index in [2.05, 4.69) is 0 Å². The molecule has 0 saturated heterocycles. The van der Waals surface area contributed by atoms with Crippen LogP contribution in [0.4, 0.5) is 5.69 Å². The molecule has 1 saturated carbocycles. The van der Waals surface area contributed by atoms with E-state index in [0.717, 1.165) is 5.56 Å². The van der Waals surface area contributed by atoms with Crippen LogP contribution in [0.15, 0.2) is 77.7 Å². The van der Waals surface area contributed by atoms with Crippen molar-refractivity contribution in [3.05, 3.63) is 95.1 Å². The molecule has 5 rings (SSSR count). The summed E-state index contributed by atoms with van der Waals surface area (Å²) in [7, 11) is -3.84. The molecule has 3 aromatic carbocycles. The summed E-state index contributed by atoms with van der Waals surface area (Å²) in [6.45, 7) is -0.0531. The Bertz CT molecular complexity index is 1370. The molecule has 0 amide bonds. The van der Waals surface area contributed by atoms with Gasteiger partial charge < -0.3 is 4.74 Å². The van der Waals surface area contributed by atoms with Gasteiger partial charge in [-0.05, 0) is 60.6 Å². The molecular formula is C29H29NO5S. The average Bonchev–Trinajstić information content (AvgIpc) is 3.37. The van der Waals surface area contributed by atoms with Crippen LogP contribution < -0.4 is 4.31 Å². The molecule has 1 heterocycles. The van der Waals surface area contributed by atoms with Crippen LogP contribution in [0.25, 0.3) is 0 Å². The van der Waals surface area contributed by atoms with Gasteiger partial charge in [-0.2, -0.15) is 0 Å². The number of Topliss-reactive ketones (excluding diaryl/α,β-unsaturated/α-hetero) is 1. The van der Waals surface area contributed by atoms with E-state index in [1.807, 2.05) is 24.3 Å². The Balaban J connectivity index is 1.24. The highest BCUT2D eigenvalue weighted by Gasteiger charge is 2.31. The third kappa shape index (κ3) is 4.93. The van der Waals surface area contributed by atoms with Gasteiger partial charge in [0.2, 0.25) is 0 Å². The molecular weight excluding hydrogens is 474 g/mol. The lowest BCUT2D eigenvalue weighted by Crippen LogP contribution is -2.29. The van der Waals surface area contributed by atoms with Gasteiger partial charge in [0.05, 0.1) is 16.1 Å². The van der Waals surface area contributed by atoms with Crippen LogP contribution in [-0.4, -0.2) is 33.3 Å². The van der Waals surface area contributed by atoms with Gasteiger partial charge in [0.15, 0.2) is 12.4 Å². The molecule has 0 N–H and O–H groups in total. The first-order chi connectivity index (χ1) is 17.4. The number of carbonyl (C=O) groups is 2. The summed E-state index contributed by atoms with van der Waals surface area (Å²) >= 11 is 0. The number of ether oxygens (including phenoxy) is 1. The molecule has 0 atom stereocenters.